The van der Waals surface area contributed by atoms with Gasteiger partial charge < -0.3 is 19.5 Å². The molecule has 0 spiro atoms. The molecule has 1 atom stereocenters. The topological polar surface area (TPSA) is 101 Å². The zero-order valence-corrected chi connectivity index (χ0v) is 19.0. The molecule has 2 aromatic rings. The number of rotatable bonds is 4. The summed E-state index contributed by atoms with van der Waals surface area (Å²) in [6.45, 7) is 5.61. The van der Waals surface area contributed by atoms with Crippen molar-refractivity contribution in [3.8, 4) is 17.6 Å². The van der Waals surface area contributed by atoms with Crippen LogP contribution in [0.15, 0.2) is 23.6 Å². The van der Waals surface area contributed by atoms with Crippen LogP contribution in [0.2, 0.25) is 0 Å². The maximum Gasteiger partial charge on any atom is 0.412 e. The molecule has 31 heavy (non-hydrogen) atoms. The first-order valence-corrected chi connectivity index (χ1v) is 10.6. The molecule has 8 nitrogen and oxygen atoms in total. The van der Waals surface area contributed by atoms with Crippen molar-refractivity contribution < 1.29 is 23.8 Å². The van der Waals surface area contributed by atoms with Gasteiger partial charge in [0, 0.05) is 28.3 Å². The van der Waals surface area contributed by atoms with Crippen LogP contribution in [-0.2, 0) is 17.7 Å². The molecule has 0 bridgehead atoms. The Labute approximate surface area is 185 Å². The molecule has 1 aromatic carbocycles. The first-order chi connectivity index (χ1) is 14.6. The van der Waals surface area contributed by atoms with Crippen LogP contribution < -0.4 is 14.8 Å². The second kappa shape index (κ2) is 8.86. The Bertz CT molecular complexity index is 1010. The lowest BCUT2D eigenvalue weighted by Crippen LogP contribution is -2.54. The lowest BCUT2D eigenvalue weighted by molar-refractivity contribution is 0.00878. The van der Waals surface area contributed by atoms with Gasteiger partial charge in [0.15, 0.2) is 0 Å². The summed E-state index contributed by atoms with van der Waals surface area (Å²) < 4.78 is 16.0. The number of benzene rings is 1. The maximum absolute atomic E-state index is 13.0. The Morgan fingerprint density at radius 2 is 1.84 bits per heavy atom. The molecule has 2 heterocycles. The third-order valence-corrected chi connectivity index (χ3v) is 5.74. The Kier molecular flexibility index (Phi) is 6.41. The fourth-order valence-corrected chi connectivity index (χ4v) is 4.26. The van der Waals surface area contributed by atoms with E-state index in [0.29, 0.717) is 29.0 Å². The van der Waals surface area contributed by atoms with Gasteiger partial charge in [-0.1, -0.05) is 0 Å². The summed E-state index contributed by atoms with van der Waals surface area (Å²) in [7, 11) is 3.01. The predicted octanol–water partition coefficient (Wildman–Crippen LogP) is 3.69. The molecule has 164 valence electrons. The molecule has 1 N–H and O–H groups in total. The van der Waals surface area contributed by atoms with Crippen LogP contribution in [0.3, 0.4) is 0 Å². The number of nitriles is 1. The number of ether oxygens (including phenoxy) is 3. The standard InChI is InChI=1S/C22H25N3O5S/c1-22(2,3)30-21(27)25-11-18-17(14(10-23)12-31-18)9-19(25)24-20(26)13-6-15(28-4)8-16(7-13)29-5/h6-8,12,19H,9,11H2,1-5H3,(H,24,26). The minimum Gasteiger partial charge on any atom is -0.497 e. The number of nitrogens with zero attached hydrogens (tertiary/aromatic N) is 2. The van der Waals surface area contributed by atoms with E-state index >= 15 is 0 Å². The van der Waals surface area contributed by atoms with Crippen LogP contribution in [-0.4, -0.2) is 42.9 Å². The molecule has 1 aromatic heterocycles. The molecular formula is C22H25N3O5S. The van der Waals surface area contributed by atoms with Crippen LogP contribution >= 0.6 is 11.3 Å². The Hall–Kier alpha value is -3.25. The number of carbonyl (C=O) groups is 2. The number of hydrogen-bond donors (Lipinski definition) is 1. The molecule has 0 radical (unpaired) electrons. The van der Waals surface area contributed by atoms with Gasteiger partial charge in [0.1, 0.15) is 29.3 Å². The summed E-state index contributed by atoms with van der Waals surface area (Å²) in [5.41, 5.74) is 1.06. The Morgan fingerprint density at radius 1 is 1.19 bits per heavy atom. The van der Waals surface area contributed by atoms with Gasteiger partial charge in [0.2, 0.25) is 0 Å². The van der Waals surface area contributed by atoms with Crippen LogP contribution in [0.1, 0.15) is 47.1 Å². The quantitative estimate of drug-likeness (QED) is 0.774. The number of fused-ring (bicyclic) bond motifs is 1. The zero-order valence-electron chi connectivity index (χ0n) is 18.1. The van der Waals surface area contributed by atoms with Crippen molar-refractivity contribution in [3.05, 3.63) is 45.1 Å². The van der Waals surface area contributed by atoms with Crippen LogP contribution in [0, 0.1) is 11.3 Å². The number of nitrogens with one attached hydrogen (secondary N) is 1. The van der Waals surface area contributed by atoms with E-state index in [1.54, 1.807) is 44.4 Å². The van der Waals surface area contributed by atoms with E-state index < -0.39 is 23.8 Å². The Morgan fingerprint density at radius 3 is 2.39 bits per heavy atom. The second-order valence-electron chi connectivity index (χ2n) is 8.07. The van der Waals surface area contributed by atoms with E-state index in [9.17, 15) is 14.9 Å². The minimum atomic E-state index is -0.681. The fraction of sp³-hybridized carbons (Fsp3) is 0.409. The van der Waals surface area contributed by atoms with Crippen molar-refractivity contribution in [2.45, 2.75) is 45.5 Å². The highest BCUT2D eigenvalue weighted by Gasteiger charge is 2.36. The van der Waals surface area contributed by atoms with Crippen LogP contribution in [0.5, 0.6) is 11.5 Å². The zero-order chi connectivity index (χ0) is 22.8. The number of thiophene rings is 1. The van der Waals surface area contributed by atoms with Crippen LogP contribution in [0.25, 0.3) is 0 Å². The van der Waals surface area contributed by atoms with Gasteiger partial charge >= 0.3 is 6.09 Å². The van der Waals surface area contributed by atoms with E-state index in [4.69, 9.17) is 14.2 Å². The van der Waals surface area contributed by atoms with Gasteiger partial charge in [0.05, 0.1) is 26.3 Å². The summed E-state index contributed by atoms with van der Waals surface area (Å²) in [5.74, 6) is 0.556. The van der Waals surface area contributed by atoms with Crippen LogP contribution in [0.4, 0.5) is 4.79 Å². The summed E-state index contributed by atoms with van der Waals surface area (Å²) >= 11 is 1.43. The molecule has 0 saturated carbocycles. The largest absolute Gasteiger partial charge is 0.497 e. The average molecular weight is 444 g/mol. The number of amides is 2. The van der Waals surface area contributed by atoms with Gasteiger partial charge in [-0.3, -0.25) is 9.69 Å². The lowest BCUT2D eigenvalue weighted by Gasteiger charge is -2.37. The van der Waals surface area contributed by atoms with Crippen molar-refractivity contribution in [2.75, 3.05) is 14.2 Å². The summed E-state index contributed by atoms with van der Waals surface area (Å²) in [5, 5.41) is 14.1. The van der Waals surface area contributed by atoms with Crippen molar-refractivity contribution >= 4 is 23.3 Å². The monoisotopic (exact) mass is 443 g/mol. The third-order valence-electron chi connectivity index (χ3n) is 4.73. The number of hydrogen-bond acceptors (Lipinski definition) is 7. The second-order valence-corrected chi connectivity index (χ2v) is 9.03. The molecule has 0 saturated heterocycles. The predicted molar refractivity (Wildman–Crippen MR) is 115 cm³/mol. The molecule has 3 rings (SSSR count). The van der Waals surface area contributed by atoms with Crippen molar-refractivity contribution in [2.24, 2.45) is 0 Å². The molecule has 2 amide bonds. The van der Waals surface area contributed by atoms with E-state index in [0.717, 1.165) is 10.4 Å². The van der Waals surface area contributed by atoms with Crippen molar-refractivity contribution in [3.63, 3.8) is 0 Å². The molecular weight excluding hydrogens is 418 g/mol. The molecule has 9 heteroatoms. The average Bonchev–Trinajstić information content (AvgIpc) is 3.13. The van der Waals surface area contributed by atoms with Crippen molar-refractivity contribution in [1.82, 2.24) is 10.2 Å². The first-order valence-electron chi connectivity index (χ1n) is 9.68. The highest BCUT2D eigenvalue weighted by molar-refractivity contribution is 7.10. The van der Waals surface area contributed by atoms with E-state index in [1.165, 1.54) is 30.5 Å². The normalized spacial score (nSPS) is 15.5. The fourth-order valence-electron chi connectivity index (χ4n) is 3.26. The van der Waals surface area contributed by atoms with E-state index in [1.807, 2.05) is 0 Å². The molecule has 1 aliphatic rings. The van der Waals surface area contributed by atoms with Gasteiger partial charge in [-0.15, -0.1) is 11.3 Å². The smallest absolute Gasteiger partial charge is 0.412 e. The minimum absolute atomic E-state index is 0.253. The van der Waals surface area contributed by atoms with Gasteiger partial charge in [0.25, 0.3) is 5.91 Å². The molecule has 1 aliphatic heterocycles. The third kappa shape index (κ3) is 5.09. The summed E-state index contributed by atoms with van der Waals surface area (Å²) in [6.07, 6.45) is -0.888. The lowest BCUT2D eigenvalue weighted by atomic mass is 10.0. The maximum atomic E-state index is 13.0. The van der Waals surface area contributed by atoms with Gasteiger partial charge in [-0.25, -0.2) is 4.79 Å². The molecule has 0 fully saturated rings. The van der Waals surface area contributed by atoms with Crippen molar-refractivity contribution in [1.29, 1.82) is 5.26 Å². The molecule has 0 aliphatic carbocycles. The van der Waals surface area contributed by atoms with Gasteiger partial charge in [-0.05, 0) is 38.5 Å². The highest BCUT2D eigenvalue weighted by Crippen LogP contribution is 2.32. The first kappa shape index (κ1) is 22.4. The SMILES string of the molecule is COc1cc(OC)cc(C(=O)NC2Cc3c(C#N)csc3CN2C(=O)OC(C)(C)C)c1. The summed E-state index contributed by atoms with van der Waals surface area (Å²) in [6, 6.07) is 7.04. The van der Waals surface area contributed by atoms with E-state index in [-0.39, 0.29) is 6.54 Å². The Balaban J connectivity index is 1.91. The van der Waals surface area contributed by atoms with E-state index in [2.05, 4.69) is 11.4 Å². The molecule has 1 unspecified atom stereocenters. The number of carbonyl (C=O) groups excluding carboxylic acids is 2. The highest BCUT2D eigenvalue weighted by atomic mass is 32.1. The summed E-state index contributed by atoms with van der Waals surface area (Å²) in [4.78, 5) is 28.3. The number of methoxy groups -OCH3 is 2. The van der Waals surface area contributed by atoms with Gasteiger partial charge in [-0.2, -0.15) is 5.26 Å².